The van der Waals surface area contributed by atoms with Gasteiger partial charge in [0.1, 0.15) is 5.75 Å². The molecule has 3 rings (SSSR count). The zero-order valence-corrected chi connectivity index (χ0v) is 15.6. The van der Waals surface area contributed by atoms with Crippen molar-refractivity contribution in [2.75, 3.05) is 17.7 Å². The quantitative estimate of drug-likeness (QED) is 0.766. The fraction of sp³-hybridized carbons (Fsp3) is 0.286. The highest BCUT2D eigenvalue weighted by Crippen LogP contribution is 2.38. The molecule has 2 aromatic rings. The molecule has 0 saturated heterocycles. The lowest BCUT2D eigenvalue weighted by molar-refractivity contribution is -0.119. The van der Waals surface area contributed by atoms with Gasteiger partial charge in [-0.3, -0.25) is 14.4 Å². The van der Waals surface area contributed by atoms with Gasteiger partial charge in [-0.15, -0.1) is 0 Å². The van der Waals surface area contributed by atoms with Crippen LogP contribution in [0.4, 0.5) is 11.4 Å². The number of hydrogen-bond donors (Lipinski definition) is 2. The topological polar surface area (TPSA) is 84.5 Å². The number of benzene rings is 2. The number of ether oxygens (including phenoxy) is 1. The van der Waals surface area contributed by atoms with Crippen molar-refractivity contribution in [2.45, 2.75) is 32.1 Å². The predicted molar refractivity (Wildman–Crippen MR) is 103 cm³/mol. The summed E-state index contributed by atoms with van der Waals surface area (Å²) in [5.74, 6) is 0.271. The SMILES string of the molecule is COc1ccc(C(=O)CCC(=O)Nc2ccc3c(c2)C(C)(C)C(=O)N3)cc1. The Morgan fingerprint density at radius 1 is 1.07 bits per heavy atom. The van der Waals surface area contributed by atoms with Crippen molar-refractivity contribution in [1.82, 2.24) is 0 Å². The van der Waals surface area contributed by atoms with E-state index in [0.29, 0.717) is 17.0 Å². The number of anilines is 2. The van der Waals surface area contributed by atoms with Crippen LogP contribution in [0.15, 0.2) is 42.5 Å². The molecular weight excluding hydrogens is 344 g/mol. The van der Waals surface area contributed by atoms with Gasteiger partial charge in [0, 0.05) is 29.8 Å². The Morgan fingerprint density at radius 2 is 1.78 bits per heavy atom. The summed E-state index contributed by atoms with van der Waals surface area (Å²) in [4.78, 5) is 36.4. The summed E-state index contributed by atoms with van der Waals surface area (Å²) in [7, 11) is 1.56. The molecular formula is C21H22N2O4. The first-order chi connectivity index (χ1) is 12.8. The van der Waals surface area contributed by atoms with E-state index in [4.69, 9.17) is 4.74 Å². The average molecular weight is 366 g/mol. The lowest BCUT2D eigenvalue weighted by Crippen LogP contribution is -2.26. The van der Waals surface area contributed by atoms with Crippen LogP contribution < -0.4 is 15.4 Å². The van der Waals surface area contributed by atoms with Gasteiger partial charge in [0.2, 0.25) is 11.8 Å². The van der Waals surface area contributed by atoms with Crippen molar-refractivity contribution in [3.8, 4) is 5.75 Å². The molecule has 2 amide bonds. The van der Waals surface area contributed by atoms with Crippen molar-refractivity contribution in [3.63, 3.8) is 0 Å². The van der Waals surface area contributed by atoms with Crippen molar-refractivity contribution < 1.29 is 19.1 Å². The Bertz CT molecular complexity index is 901. The van der Waals surface area contributed by atoms with Gasteiger partial charge in [0.05, 0.1) is 12.5 Å². The Labute approximate surface area is 157 Å². The first kappa shape index (κ1) is 18.6. The standard InChI is InChI=1S/C21H22N2O4/c1-21(2)16-12-14(6-9-17(16)23-20(21)26)22-19(25)11-10-18(24)13-4-7-15(27-3)8-5-13/h4-9,12H,10-11H2,1-3H3,(H,22,25)(H,23,26). The average Bonchev–Trinajstić information content (AvgIpc) is 2.89. The molecule has 0 bridgehead atoms. The number of carbonyl (C=O) groups is 3. The number of fused-ring (bicyclic) bond motifs is 1. The number of methoxy groups -OCH3 is 1. The lowest BCUT2D eigenvalue weighted by Gasteiger charge is -2.16. The molecule has 0 unspecified atom stereocenters. The molecule has 0 aliphatic carbocycles. The first-order valence-electron chi connectivity index (χ1n) is 8.74. The third-order valence-corrected chi connectivity index (χ3v) is 4.78. The second kappa shape index (κ2) is 7.23. The number of Topliss-reactive ketones (excluding diaryl/α,β-unsaturated/α-hetero) is 1. The van der Waals surface area contributed by atoms with Gasteiger partial charge in [-0.25, -0.2) is 0 Å². The van der Waals surface area contributed by atoms with E-state index in [0.717, 1.165) is 11.3 Å². The van der Waals surface area contributed by atoms with Crippen LogP contribution in [0, 0.1) is 0 Å². The Balaban J connectivity index is 1.59. The number of amides is 2. The van der Waals surface area contributed by atoms with E-state index in [1.165, 1.54) is 0 Å². The van der Waals surface area contributed by atoms with Crippen molar-refractivity contribution in [1.29, 1.82) is 0 Å². The minimum absolute atomic E-state index is 0.0638. The minimum atomic E-state index is -0.638. The Morgan fingerprint density at radius 3 is 2.44 bits per heavy atom. The summed E-state index contributed by atoms with van der Waals surface area (Å²) in [6, 6.07) is 12.1. The van der Waals surface area contributed by atoms with E-state index in [1.54, 1.807) is 49.6 Å². The molecule has 1 aliphatic rings. The molecule has 0 saturated carbocycles. The number of rotatable bonds is 6. The number of ketones is 1. The van der Waals surface area contributed by atoms with Gasteiger partial charge in [-0.2, -0.15) is 0 Å². The van der Waals surface area contributed by atoms with Crippen LogP contribution in [0.25, 0.3) is 0 Å². The number of nitrogens with one attached hydrogen (secondary N) is 2. The highest BCUT2D eigenvalue weighted by molar-refractivity contribution is 6.06. The summed E-state index contributed by atoms with van der Waals surface area (Å²) < 4.78 is 5.07. The van der Waals surface area contributed by atoms with Crippen LogP contribution in [0.1, 0.15) is 42.6 Å². The van der Waals surface area contributed by atoms with Crippen LogP contribution in [0.2, 0.25) is 0 Å². The highest BCUT2D eigenvalue weighted by atomic mass is 16.5. The lowest BCUT2D eigenvalue weighted by atomic mass is 9.86. The second-order valence-electron chi connectivity index (χ2n) is 7.04. The van der Waals surface area contributed by atoms with E-state index in [-0.39, 0.29) is 30.4 Å². The van der Waals surface area contributed by atoms with Crippen LogP contribution in [0.3, 0.4) is 0 Å². The molecule has 1 heterocycles. The largest absolute Gasteiger partial charge is 0.497 e. The second-order valence-corrected chi connectivity index (χ2v) is 7.04. The summed E-state index contributed by atoms with van der Waals surface area (Å²) in [6.45, 7) is 3.68. The van der Waals surface area contributed by atoms with Gasteiger partial charge in [0.15, 0.2) is 5.78 Å². The van der Waals surface area contributed by atoms with E-state index >= 15 is 0 Å². The molecule has 0 radical (unpaired) electrons. The number of hydrogen-bond acceptors (Lipinski definition) is 4. The van der Waals surface area contributed by atoms with Crippen molar-refractivity contribution in [3.05, 3.63) is 53.6 Å². The molecule has 0 atom stereocenters. The first-order valence-corrected chi connectivity index (χ1v) is 8.74. The van der Waals surface area contributed by atoms with E-state index < -0.39 is 5.41 Å². The molecule has 0 aromatic heterocycles. The highest BCUT2D eigenvalue weighted by Gasteiger charge is 2.38. The van der Waals surface area contributed by atoms with Crippen molar-refractivity contribution >= 4 is 29.0 Å². The molecule has 0 spiro atoms. The minimum Gasteiger partial charge on any atom is -0.497 e. The van der Waals surface area contributed by atoms with Crippen LogP contribution in [-0.4, -0.2) is 24.7 Å². The zero-order chi connectivity index (χ0) is 19.6. The van der Waals surface area contributed by atoms with E-state index in [1.807, 2.05) is 13.8 Å². The normalized spacial score (nSPS) is 14.3. The maximum atomic E-state index is 12.2. The van der Waals surface area contributed by atoms with E-state index in [2.05, 4.69) is 10.6 Å². The molecule has 1 aliphatic heterocycles. The van der Waals surface area contributed by atoms with Gasteiger partial charge in [-0.1, -0.05) is 0 Å². The van der Waals surface area contributed by atoms with Gasteiger partial charge >= 0.3 is 0 Å². The van der Waals surface area contributed by atoms with Gasteiger partial charge in [-0.05, 0) is 61.9 Å². The summed E-state index contributed by atoms with van der Waals surface area (Å²) >= 11 is 0. The van der Waals surface area contributed by atoms with Gasteiger partial charge in [0.25, 0.3) is 0 Å². The van der Waals surface area contributed by atoms with Crippen LogP contribution in [-0.2, 0) is 15.0 Å². The maximum Gasteiger partial charge on any atom is 0.234 e. The molecule has 6 nitrogen and oxygen atoms in total. The third kappa shape index (κ3) is 3.84. The van der Waals surface area contributed by atoms with Crippen LogP contribution in [0.5, 0.6) is 5.75 Å². The predicted octanol–water partition coefficient (Wildman–Crippen LogP) is 3.53. The smallest absolute Gasteiger partial charge is 0.234 e. The third-order valence-electron chi connectivity index (χ3n) is 4.78. The molecule has 2 aromatic carbocycles. The Hall–Kier alpha value is -3.15. The summed E-state index contributed by atoms with van der Waals surface area (Å²) in [5, 5.41) is 5.63. The fourth-order valence-corrected chi connectivity index (χ4v) is 3.02. The van der Waals surface area contributed by atoms with E-state index in [9.17, 15) is 14.4 Å². The van der Waals surface area contributed by atoms with Crippen LogP contribution >= 0.6 is 0 Å². The molecule has 27 heavy (non-hydrogen) atoms. The van der Waals surface area contributed by atoms with Crippen molar-refractivity contribution in [2.24, 2.45) is 0 Å². The maximum absolute atomic E-state index is 12.2. The summed E-state index contributed by atoms with van der Waals surface area (Å²) in [6.07, 6.45) is 0.206. The molecule has 140 valence electrons. The summed E-state index contributed by atoms with van der Waals surface area (Å²) in [5.41, 5.74) is 2.13. The molecule has 6 heteroatoms. The van der Waals surface area contributed by atoms with Gasteiger partial charge < -0.3 is 15.4 Å². The number of carbonyl (C=O) groups excluding carboxylic acids is 3. The Kier molecular flexibility index (Phi) is 4.99. The monoisotopic (exact) mass is 366 g/mol. The molecule has 0 fully saturated rings. The zero-order valence-electron chi connectivity index (χ0n) is 15.6. The fourth-order valence-electron chi connectivity index (χ4n) is 3.02. The molecule has 2 N–H and O–H groups in total.